The molecule has 0 bridgehead atoms. The predicted octanol–water partition coefficient (Wildman–Crippen LogP) is 2.02. The van der Waals surface area contributed by atoms with Gasteiger partial charge in [-0.15, -0.1) is 24.8 Å². The molecular formula is C15H24Cl2N6O. The van der Waals surface area contributed by atoms with Gasteiger partial charge in [-0.3, -0.25) is 4.68 Å². The van der Waals surface area contributed by atoms with Crippen molar-refractivity contribution >= 4 is 30.6 Å². The third-order valence-electron chi connectivity index (χ3n) is 3.89. The molecular weight excluding hydrogens is 351 g/mol. The van der Waals surface area contributed by atoms with Gasteiger partial charge in [-0.2, -0.15) is 5.10 Å². The van der Waals surface area contributed by atoms with Crippen molar-refractivity contribution in [2.75, 3.05) is 12.4 Å². The summed E-state index contributed by atoms with van der Waals surface area (Å²) in [6.07, 6.45) is 5.81. The first-order valence-corrected chi connectivity index (χ1v) is 7.48. The van der Waals surface area contributed by atoms with Crippen molar-refractivity contribution in [2.24, 2.45) is 12.8 Å². The summed E-state index contributed by atoms with van der Waals surface area (Å²) in [5, 5.41) is 7.50. The van der Waals surface area contributed by atoms with E-state index in [1.54, 1.807) is 11.8 Å². The molecule has 0 unspecified atom stereocenters. The fraction of sp³-hybridized carbons (Fsp3) is 0.533. The average Bonchev–Trinajstić information content (AvgIpc) is 2.88. The lowest BCUT2D eigenvalue weighted by Crippen LogP contribution is -2.35. The van der Waals surface area contributed by atoms with Crippen LogP contribution in [0.2, 0.25) is 0 Å². The molecule has 0 amide bonds. The number of nitrogens with zero attached hydrogens (tertiary/aromatic N) is 4. The van der Waals surface area contributed by atoms with Crippen LogP contribution in [0.1, 0.15) is 35.8 Å². The van der Waals surface area contributed by atoms with Crippen molar-refractivity contribution in [1.29, 1.82) is 0 Å². The Labute approximate surface area is 154 Å². The summed E-state index contributed by atoms with van der Waals surface area (Å²) in [5.74, 6) is 1.96. The van der Waals surface area contributed by atoms with E-state index in [1.165, 1.54) is 0 Å². The number of nitrogens with two attached hydrogens (primary N) is 1. The third-order valence-corrected chi connectivity index (χ3v) is 3.89. The van der Waals surface area contributed by atoms with Crippen LogP contribution >= 0.6 is 24.8 Å². The summed E-state index contributed by atoms with van der Waals surface area (Å²) in [6, 6.07) is 2.32. The minimum Gasteiger partial charge on any atom is -0.377 e. The van der Waals surface area contributed by atoms with E-state index in [1.807, 2.05) is 25.5 Å². The largest absolute Gasteiger partial charge is 0.377 e. The number of aryl methyl sites for hydroxylation is 1. The zero-order valence-corrected chi connectivity index (χ0v) is 15.4. The van der Waals surface area contributed by atoms with Crippen LogP contribution < -0.4 is 11.1 Å². The van der Waals surface area contributed by atoms with Crippen LogP contribution in [0.5, 0.6) is 0 Å². The molecule has 0 radical (unpaired) electrons. The van der Waals surface area contributed by atoms with Crippen molar-refractivity contribution in [3.63, 3.8) is 0 Å². The molecule has 0 aliphatic heterocycles. The van der Waals surface area contributed by atoms with Crippen LogP contribution in [0.25, 0.3) is 0 Å². The maximum Gasteiger partial charge on any atom is 0.156 e. The molecule has 0 spiro atoms. The lowest BCUT2D eigenvalue weighted by Gasteiger charge is -2.32. The normalized spacial score (nSPS) is 19.0. The number of hydrogen-bond acceptors (Lipinski definition) is 6. The molecule has 0 saturated heterocycles. The molecule has 1 fully saturated rings. The number of ether oxygens (including phenoxy) is 1. The van der Waals surface area contributed by atoms with Crippen LogP contribution in [0.4, 0.5) is 5.82 Å². The fourth-order valence-electron chi connectivity index (χ4n) is 2.67. The zero-order valence-electron chi connectivity index (χ0n) is 13.8. The number of aromatic nitrogens is 4. The predicted molar refractivity (Wildman–Crippen MR) is 97.7 cm³/mol. The molecule has 3 N–H and O–H groups in total. The van der Waals surface area contributed by atoms with E-state index in [2.05, 4.69) is 20.4 Å². The molecule has 3 rings (SSSR count). The second kappa shape index (κ2) is 9.17. The summed E-state index contributed by atoms with van der Waals surface area (Å²) in [4.78, 5) is 9.09. The summed E-state index contributed by atoms with van der Waals surface area (Å²) in [6.45, 7) is 1.09. The van der Waals surface area contributed by atoms with E-state index in [0.29, 0.717) is 30.9 Å². The van der Waals surface area contributed by atoms with E-state index in [-0.39, 0.29) is 24.8 Å². The van der Waals surface area contributed by atoms with E-state index in [0.717, 1.165) is 29.9 Å². The second-order valence-corrected chi connectivity index (χ2v) is 5.83. The van der Waals surface area contributed by atoms with Crippen molar-refractivity contribution in [3.8, 4) is 0 Å². The summed E-state index contributed by atoms with van der Waals surface area (Å²) in [5.41, 5.74) is 8.05. The number of halogens is 2. The minimum atomic E-state index is 0. The Kier molecular flexibility index (Phi) is 7.89. The van der Waals surface area contributed by atoms with Crippen molar-refractivity contribution in [1.82, 2.24) is 19.7 Å². The molecule has 9 heteroatoms. The minimum absolute atomic E-state index is 0. The lowest BCUT2D eigenvalue weighted by molar-refractivity contribution is 0.177. The maximum absolute atomic E-state index is 5.89. The Bertz CT molecular complexity index is 645. The molecule has 7 nitrogen and oxygen atoms in total. The van der Waals surface area contributed by atoms with Crippen LogP contribution in [0.3, 0.4) is 0 Å². The van der Waals surface area contributed by atoms with Crippen LogP contribution in [0.15, 0.2) is 18.5 Å². The average molecular weight is 375 g/mol. The summed E-state index contributed by atoms with van der Waals surface area (Å²) < 4.78 is 6.95. The van der Waals surface area contributed by atoms with Gasteiger partial charge in [0.1, 0.15) is 12.4 Å². The number of rotatable bonds is 6. The van der Waals surface area contributed by atoms with Crippen molar-refractivity contribution < 1.29 is 4.74 Å². The summed E-state index contributed by atoms with van der Waals surface area (Å²) in [7, 11) is 3.56. The molecule has 1 aliphatic carbocycles. The number of anilines is 1. The van der Waals surface area contributed by atoms with Gasteiger partial charge in [0, 0.05) is 56.2 Å². The molecule has 2 aromatic rings. The highest BCUT2D eigenvalue weighted by atomic mass is 35.5. The number of hydrogen-bond donors (Lipinski definition) is 2. The Morgan fingerprint density at radius 1 is 1.33 bits per heavy atom. The van der Waals surface area contributed by atoms with Crippen LogP contribution in [-0.2, 0) is 24.9 Å². The van der Waals surface area contributed by atoms with Crippen molar-refractivity contribution in [2.45, 2.75) is 38.0 Å². The maximum atomic E-state index is 5.89. The standard InChI is InChI=1S/C15H22N6O.2ClH/c1-21-8-10(7-18-21)6-17-14-5-13(11-3-12(16)4-11)19-15(20-14)9-22-2;;/h5,7-8,11-12H,3-4,6,9,16H2,1-2H3,(H,17,19,20);2*1H. The fourth-order valence-corrected chi connectivity index (χ4v) is 2.67. The first-order chi connectivity index (χ1) is 10.6. The van der Waals surface area contributed by atoms with Gasteiger partial charge in [0.25, 0.3) is 0 Å². The summed E-state index contributed by atoms with van der Waals surface area (Å²) >= 11 is 0. The van der Waals surface area contributed by atoms with E-state index in [4.69, 9.17) is 10.5 Å². The molecule has 134 valence electrons. The van der Waals surface area contributed by atoms with Gasteiger partial charge in [0.15, 0.2) is 5.82 Å². The molecule has 1 aliphatic rings. The second-order valence-electron chi connectivity index (χ2n) is 5.83. The highest BCUT2D eigenvalue weighted by molar-refractivity contribution is 5.85. The van der Waals surface area contributed by atoms with Gasteiger partial charge in [-0.05, 0) is 12.8 Å². The Hall–Kier alpha value is -1.41. The van der Waals surface area contributed by atoms with Gasteiger partial charge in [-0.1, -0.05) is 0 Å². The number of nitrogens with one attached hydrogen (secondary N) is 1. The third kappa shape index (κ3) is 5.04. The molecule has 1 saturated carbocycles. The molecule has 2 aromatic heterocycles. The van der Waals surface area contributed by atoms with Crippen LogP contribution in [0, 0.1) is 0 Å². The molecule has 24 heavy (non-hydrogen) atoms. The lowest BCUT2D eigenvalue weighted by atomic mass is 9.78. The molecule has 0 aromatic carbocycles. The van der Waals surface area contributed by atoms with Gasteiger partial charge in [0.2, 0.25) is 0 Å². The zero-order chi connectivity index (χ0) is 15.5. The van der Waals surface area contributed by atoms with E-state index in [9.17, 15) is 0 Å². The van der Waals surface area contributed by atoms with Gasteiger partial charge >= 0.3 is 0 Å². The quantitative estimate of drug-likeness (QED) is 0.803. The van der Waals surface area contributed by atoms with Crippen LogP contribution in [-0.4, -0.2) is 32.9 Å². The SMILES string of the molecule is COCc1nc(NCc2cnn(C)c2)cc(C2CC(N)C2)n1.Cl.Cl. The Morgan fingerprint density at radius 3 is 2.67 bits per heavy atom. The number of methoxy groups -OCH3 is 1. The topological polar surface area (TPSA) is 90.9 Å². The molecule has 0 atom stereocenters. The highest BCUT2D eigenvalue weighted by Gasteiger charge is 2.29. The van der Waals surface area contributed by atoms with E-state index >= 15 is 0 Å². The Balaban J connectivity index is 0.00000144. The first-order valence-electron chi connectivity index (χ1n) is 7.48. The smallest absolute Gasteiger partial charge is 0.156 e. The van der Waals surface area contributed by atoms with Crippen molar-refractivity contribution in [3.05, 3.63) is 35.5 Å². The highest BCUT2D eigenvalue weighted by Crippen LogP contribution is 2.35. The molecule has 2 heterocycles. The monoisotopic (exact) mass is 374 g/mol. The van der Waals surface area contributed by atoms with Gasteiger partial charge in [0.05, 0.1) is 6.20 Å². The van der Waals surface area contributed by atoms with E-state index < -0.39 is 0 Å². The van der Waals surface area contributed by atoms with Gasteiger partial charge in [-0.25, -0.2) is 9.97 Å². The van der Waals surface area contributed by atoms with Gasteiger partial charge < -0.3 is 15.8 Å². The Morgan fingerprint density at radius 2 is 2.08 bits per heavy atom. The first kappa shape index (κ1) is 20.6.